The van der Waals surface area contributed by atoms with Crippen LogP contribution < -0.4 is 54.0 Å². The predicted molar refractivity (Wildman–Crippen MR) is 300 cm³/mol. The molecular weight excluding hydrogens is 1030 g/mol. The number of carbonyl (C=O) groups excluding carboxylic acids is 9. The van der Waals surface area contributed by atoms with Crippen molar-refractivity contribution in [2.24, 2.45) is 35.1 Å². The molecule has 438 valence electrons. The first-order valence-corrected chi connectivity index (χ1v) is 27.2. The minimum Gasteiger partial charge on any atom is -0.480 e. The normalized spacial score (nSPS) is 14.7. The maximum absolute atomic E-state index is 14.5. The van der Waals surface area contributed by atoms with Gasteiger partial charge in [0, 0.05) is 19.3 Å². The van der Waals surface area contributed by atoms with Crippen LogP contribution in [0, 0.1) is 23.7 Å². The van der Waals surface area contributed by atoms with E-state index in [2.05, 4.69) is 42.5 Å². The van der Waals surface area contributed by atoms with Gasteiger partial charge in [0.1, 0.15) is 48.3 Å². The summed E-state index contributed by atoms with van der Waals surface area (Å²) in [6.07, 6.45) is -0.301. The van der Waals surface area contributed by atoms with Crippen LogP contribution in [-0.4, -0.2) is 130 Å². The van der Waals surface area contributed by atoms with Gasteiger partial charge in [-0.05, 0) is 66.0 Å². The summed E-state index contributed by atoms with van der Waals surface area (Å²) in [6, 6.07) is 13.9. The Morgan fingerprint density at radius 1 is 0.375 bits per heavy atom. The molecule has 0 radical (unpaired) electrons. The van der Waals surface area contributed by atoms with E-state index in [0.29, 0.717) is 16.7 Å². The van der Waals surface area contributed by atoms with E-state index in [0.717, 1.165) is 0 Å². The molecule has 22 heteroatoms. The van der Waals surface area contributed by atoms with Crippen molar-refractivity contribution in [3.05, 3.63) is 108 Å². The third-order valence-electron chi connectivity index (χ3n) is 12.7. The van der Waals surface area contributed by atoms with Crippen molar-refractivity contribution in [3.63, 3.8) is 0 Å². The number of aliphatic carboxylic acids is 1. The molecule has 22 nitrogen and oxygen atoms in total. The molecule has 0 aromatic heterocycles. The highest BCUT2D eigenvalue weighted by Gasteiger charge is 2.36. The summed E-state index contributed by atoms with van der Waals surface area (Å²) < 4.78 is 0. The molecule has 9 atom stereocenters. The Labute approximate surface area is 468 Å². The largest absolute Gasteiger partial charge is 0.480 e. The molecule has 3 rings (SSSR count). The number of hydrogen-bond donors (Lipinski definition) is 12. The number of hydrogen-bond acceptors (Lipinski definition) is 12. The van der Waals surface area contributed by atoms with Crippen LogP contribution in [0.4, 0.5) is 0 Å². The van der Waals surface area contributed by atoms with Crippen molar-refractivity contribution in [2.45, 2.75) is 161 Å². The summed E-state index contributed by atoms with van der Waals surface area (Å²) in [5, 5.41) is 41.6. The van der Waals surface area contributed by atoms with Crippen LogP contribution in [0.1, 0.15) is 104 Å². The van der Waals surface area contributed by atoms with Crippen LogP contribution in [0.2, 0.25) is 0 Å². The van der Waals surface area contributed by atoms with Crippen LogP contribution in [0.5, 0.6) is 0 Å². The van der Waals surface area contributed by atoms with E-state index in [-0.39, 0.29) is 68.6 Å². The average Bonchev–Trinajstić information content (AvgIpc) is 3.41. The molecule has 0 bridgehead atoms. The first kappa shape index (κ1) is 66.6. The summed E-state index contributed by atoms with van der Waals surface area (Å²) in [5.41, 5.74) is 13.0. The highest BCUT2D eigenvalue weighted by atomic mass is 16.4. The summed E-state index contributed by atoms with van der Waals surface area (Å²) in [4.78, 5) is 136. The van der Waals surface area contributed by atoms with E-state index < -0.39 is 127 Å². The van der Waals surface area contributed by atoms with E-state index in [4.69, 9.17) is 11.5 Å². The Bertz CT molecular complexity index is 2510. The van der Waals surface area contributed by atoms with Crippen molar-refractivity contribution < 1.29 is 58.2 Å². The summed E-state index contributed by atoms with van der Waals surface area (Å²) in [5.74, 6) is -9.17. The molecule has 0 saturated heterocycles. The molecule has 0 saturated carbocycles. The van der Waals surface area contributed by atoms with E-state index in [1.807, 2.05) is 41.5 Å². The molecular formula is C58H84N10O12. The number of carboxylic acid groups (broad SMARTS) is 1. The van der Waals surface area contributed by atoms with Gasteiger partial charge in [-0.1, -0.05) is 146 Å². The van der Waals surface area contributed by atoms with Crippen molar-refractivity contribution >= 4 is 59.1 Å². The fourth-order valence-electron chi connectivity index (χ4n) is 8.67. The van der Waals surface area contributed by atoms with Gasteiger partial charge in [0.15, 0.2) is 0 Å². The number of rotatable bonds is 34. The summed E-state index contributed by atoms with van der Waals surface area (Å²) >= 11 is 0. The van der Waals surface area contributed by atoms with Gasteiger partial charge in [0.25, 0.3) is 0 Å². The number of nitrogens with two attached hydrogens (primary N) is 2. The zero-order chi connectivity index (χ0) is 59.6. The van der Waals surface area contributed by atoms with Gasteiger partial charge in [-0.15, -0.1) is 0 Å². The van der Waals surface area contributed by atoms with Gasteiger partial charge in [-0.2, -0.15) is 0 Å². The standard InChI is InChI=1S/C58H84N10O12/c1-33(2)24-41(51(72)62-43(26-35(5)6)53(74)67-47(58(79)80)27-36(7)8)63-55(76)45(29-38-20-14-10-15-21-38)65-52(73)42(25-34(3)4)64-57(78)48(32-69)68-56(77)46(30-39-22-16-11-17-23-39)66-54(75)44(28-37-18-12-9-13-19-37)61-50(71)40(59)31-49(60)70/h9-23,33-36,40-48,69H,24-32,59H2,1-8H3,(H2,60,70)(H,61,71)(H,62,72)(H,63,76)(H,64,78)(H,65,73)(H,66,75)(H,67,74)(H,68,77)(H,79,80)/t40-,41-,42-,43-,44-,45-,46-,47-,48-/m0/s1. The second-order valence-corrected chi connectivity index (χ2v) is 21.9. The number of amides is 9. The number of carbonyl (C=O) groups is 10. The number of aliphatic hydroxyl groups is 1. The van der Waals surface area contributed by atoms with Gasteiger partial charge >= 0.3 is 5.97 Å². The second kappa shape index (κ2) is 33.7. The highest BCUT2D eigenvalue weighted by molar-refractivity contribution is 5.98. The predicted octanol–water partition coefficient (Wildman–Crippen LogP) is 1.06. The Hall–Kier alpha value is -7.72. The van der Waals surface area contributed by atoms with Crippen LogP contribution in [-0.2, 0) is 67.2 Å². The lowest BCUT2D eigenvalue weighted by Crippen LogP contribution is -2.61. The number of carboxylic acids is 1. The molecule has 3 aromatic rings. The minimum absolute atomic E-state index is 0.0191. The van der Waals surface area contributed by atoms with Crippen molar-refractivity contribution in [1.29, 1.82) is 0 Å². The topological polar surface area (TPSA) is 359 Å². The fourth-order valence-corrected chi connectivity index (χ4v) is 8.67. The number of aliphatic hydroxyl groups excluding tert-OH is 1. The maximum atomic E-state index is 14.5. The number of primary amides is 1. The lowest BCUT2D eigenvalue weighted by molar-refractivity contribution is -0.143. The lowest BCUT2D eigenvalue weighted by Gasteiger charge is -2.29. The van der Waals surface area contributed by atoms with E-state index >= 15 is 0 Å². The first-order chi connectivity index (χ1) is 37.8. The molecule has 0 unspecified atom stereocenters. The van der Waals surface area contributed by atoms with Crippen LogP contribution in [0.15, 0.2) is 91.0 Å². The van der Waals surface area contributed by atoms with E-state index in [1.54, 1.807) is 105 Å². The van der Waals surface area contributed by atoms with Crippen molar-refractivity contribution in [1.82, 2.24) is 42.5 Å². The molecule has 80 heavy (non-hydrogen) atoms. The summed E-state index contributed by atoms with van der Waals surface area (Å²) in [6.45, 7) is 13.6. The average molecular weight is 1110 g/mol. The fraction of sp³-hybridized carbons (Fsp3) is 0.517. The number of benzene rings is 3. The Kier molecular flexibility index (Phi) is 28.0. The monoisotopic (exact) mass is 1110 g/mol. The molecule has 14 N–H and O–H groups in total. The van der Waals surface area contributed by atoms with Crippen molar-refractivity contribution in [3.8, 4) is 0 Å². The van der Waals surface area contributed by atoms with Gasteiger partial charge in [-0.25, -0.2) is 4.79 Å². The van der Waals surface area contributed by atoms with Crippen LogP contribution >= 0.6 is 0 Å². The Morgan fingerprint density at radius 3 is 0.887 bits per heavy atom. The lowest BCUT2D eigenvalue weighted by atomic mass is 9.98. The van der Waals surface area contributed by atoms with Crippen LogP contribution in [0.25, 0.3) is 0 Å². The first-order valence-electron chi connectivity index (χ1n) is 27.2. The molecule has 0 aliphatic rings. The number of nitrogens with one attached hydrogen (secondary N) is 8. The molecule has 0 heterocycles. The van der Waals surface area contributed by atoms with Gasteiger partial charge in [0.05, 0.1) is 19.1 Å². The summed E-state index contributed by atoms with van der Waals surface area (Å²) in [7, 11) is 0. The van der Waals surface area contributed by atoms with Crippen LogP contribution in [0.3, 0.4) is 0 Å². The zero-order valence-corrected chi connectivity index (χ0v) is 47.2. The smallest absolute Gasteiger partial charge is 0.326 e. The Balaban J connectivity index is 1.92. The molecule has 0 fully saturated rings. The minimum atomic E-state index is -1.68. The zero-order valence-electron chi connectivity index (χ0n) is 47.2. The maximum Gasteiger partial charge on any atom is 0.326 e. The quantitative estimate of drug-likeness (QED) is 0.0399. The molecule has 3 aromatic carbocycles. The van der Waals surface area contributed by atoms with Crippen molar-refractivity contribution in [2.75, 3.05) is 6.61 Å². The third-order valence-corrected chi connectivity index (χ3v) is 12.7. The van der Waals surface area contributed by atoms with Gasteiger partial charge < -0.3 is 64.2 Å². The molecule has 0 aliphatic heterocycles. The Morgan fingerprint density at radius 2 is 0.613 bits per heavy atom. The SMILES string of the molecule is CC(C)C[C@H](NC(=O)[C@H](CC(C)C)NC(=O)[C@H](CC(C)C)NC(=O)[C@H](Cc1ccccc1)NC(=O)[C@H](CC(C)C)NC(=O)[C@H](CO)NC(=O)[C@H](Cc1ccccc1)NC(=O)[C@H](Cc1ccccc1)NC(=O)[C@@H](N)CC(N)=O)C(=O)O. The molecule has 9 amide bonds. The highest BCUT2D eigenvalue weighted by Crippen LogP contribution is 2.15. The van der Waals surface area contributed by atoms with E-state index in [9.17, 15) is 58.2 Å². The van der Waals surface area contributed by atoms with Gasteiger partial charge in [-0.3, -0.25) is 43.2 Å². The third kappa shape index (κ3) is 24.1. The molecule has 0 aliphatic carbocycles. The van der Waals surface area contributed by atoms with Gasteiger partial charge in [0.2, 0.25) is 53.2 Å². The molecule has 0 spiro atoms. The second-order valence-electron chi connectivity index (χ2n) is 21.9. The van der Waals surface area contributed by atoms with E-state index in [1.165, 1.54) is 0 Å².